The minimum Gasteiger partial charge on any atom is -0.424 e. The fourth-order valence-electron chi connectivity index (χ4n) is 0.930. The fourth-order valence-corrected chi connectivity index (χ4v) is 0.930. The zero-order valence-corrected chi connectivity index (χ0v) is 7.47. The highest BCUT2D eigenvalue weighted by Crippen LogP contribution is 2.09. The predicted molar refractivity (Wildman–Crippen MR) is 48.7 cm³/mol. The second-order valence-corrected chi connectivity index (χ2v) is 2.97. The zero-order valence-electron chi connectivity index (χ0n) is 7.47. The average molecular weight is 179 g/mol. The van der Waals surface area contributed by atoms with E-state index in [0.717, 1.165) is 0 Å². The maximum atomic E-state index is 8.89. The Morgan fingerprint density at radius 1 is 1.62 bits per heavy atom. The standard InChI is InChI=1S/C7H10BN3O2/c1-5(2)11-4-6(8(12)13)7(9-3)10-11/h4-5,12-13H,1-2H3. The third-order valence-corrected chi connectivity index (χ3v) is 1.65. The summed E-state index contributed by atoms with van der Waals surface area (Å²) in [4.78, 5) is 3.09. The Bertz CT molecular complexity index is 340. The van der Waals surface area contributed by atoms with Crippen LogP contribution in [0.5, 0.6) is 0 Å². The van der Waals surface area contributed by atoms with Gasteiger partial charge in [0.1, 0.15) is 0 Å². The van der Waals surface area contributed by atoms with Crippen LogP contribution in [0.15, 0.2) is 6.20 Å². The lowest BCUT2D eigenvalue weighted by atomic mass is 9.82. The Labute approximate surface area is 76.6 Å². The molecule has 1 rings (SSSR count). The van der Waals surface area contributed by atoms with Gasteiger partial charge in [-0.2, -0.15) is 4.68 Å². The molecular weight excluding hydrogens is 169 g/mol. The van der Waals surface area contributed by atoms with Crippen LogP contribution in [0.1, 0.15) is 19.9 Å². The molecule has 13 heavy (non-hydrogen) atoms. The highest BCUT2D eigenvalue weighted by Gasteiger charge is 2.21. The van der Waals surface area contributed by atoms with Gasteiger partial charge in [-0.15, -0.1) is 0 Å². The SMILES string of the molecule is [C-]#[N+]c1nn(C(C)C)cc1B(O)O. The van der Waals surface area contributed by atoms with Crippen LogP contribution >= 0.6 is 0 Å². The molecule has 0 amide bonds. The monoisotopic (exact) mass is 179 g/mol. The van der Waals surface area contributed by atoms with Crippen molar-refractivity contribution < 1.29 is 10.0 Å². The van der Waals surface area contributed by atoms with E-state index < -0.39 is 7.12 Å². The molecule has 0 aromatic carbocycles. The maximum absolute atomic E-state index is 8.89. The predicted octanol–water partition coefficient (Wildman–Crippen LogP) is -0.305. The molecule has 0 radical (unpaired) electrons. The van der Waals surface area contributed by atoms with Crippen molar-refractivity contribution >= 4 is 18.4 Å². The fraction of sp³-hybridized carbons (Fsp3) is 0.429. The van der Waals surface area contributed by atoms with Crippen LogP contribution in [0.3, 0.4) is 0 Å². The first kappa shape index (κ1) is 9.77. The quantitative estimate of drug-likeness (QED) is 0.483. The first-order valence-corrected chi connectivity index (χ1v) is 3.89. The third-order valence-electron chi connectivity index (χ3n) is 1.65. The third kappa shape index (κ3) is 1.88. The highest BCUT2D eigenvalue weighted by molar-refractivity contribution is 6.60. The van der Waals surface area contributed by atoms with Gasteiger partial charge in [-0.1, -0.05) is 6.57 Å². The summed E-state index contributed by atoms with van der Waals surface area (Å²) in [6.07, 6.45) is 1.47. The molecule has 6 heteroatoms. The summed E-state index contributed by atoms with van der Waals surface area (Å²) < 4.78 is 1.53. The van der Waals surface area contributed by atoms with Gasteiger partial charge in [0.05, 0.1) is 6.04 Å². The molecular formula is C7H10BN3O2. The number of aromatic nitrogens is 2. The normalized spacial score (nSPS) is 10.2. The van der Waals surface area contributed by atoms with E-state index in [1.807, 2.05) is 13.8 Å². The van der Waals surface area contributed by atoms with Gasteiger partial charge in [-0.05, 0) is 18.9 Å². The molecule has 1 heterocycles. The minimum atomic E-state index is -1.63. The molecule has 0 aliphatic rings. The van der Waals surface area contributed by atoms with Gasteiger partial charge >= 0.3 is 7.12 Å². The summed E-state index contributed by atoms with van der Waals surface area (Å²) in [5.74, 6) is 0.0451. The molecule has 1 aromatic heterocycles. The average Bonchev–Trinajstić information content (AvgIpc) is 2.47. The van der Waals surface area contributed by atoms with Crippen molar-refractivity contribution in [1.82, 2.24) is 9.78 Å². The molecule has 0 aliphatic heterocycles. The van der Waals surface area contributed by atoms with Crippen molar-refractivity contribution in [3.63, 3.8) is 0 Å². The van der Waals surface area contributed by atoms with Gasteiger partial charge in [0.2, 0.25) is 0 Å². The van der Waals surface area contributed by atoms with Crippen molar-refractivity contribution in [2.75, 3.05) is 0 Å². The zero-order chi connectivity index (χ0) is 10.0. The molecule has 0 saturated heterocycles. The lowest BCUT2D eigenvalue weighted by Gasteiger charge is -1.98. The molecule has 0 unspecified atom stereocenters. The van der Waals surface area contributed by atoms with E-state index in [9.17, 15) is 0 Å². The van der Waals surface area contributed by atoms with Gasteiger partial charge in [-0.3, -0.25) is 0 Å². The van der Waals surface area contributed by atoms with Gasteiger partial charge in [0, 0.05) is 11.7 Å². The van der Waals surface area contributed by atoms with Crippen molar-refractivity contribution in [3.05, 3.63) is 17.6 Å². The van der Waals surface area contributed by atoms with Crippen molar-refractivity contribution in [1.29, 1.82) is 0 Å². The molecule has 68 valence electrons. The summed E-state index contributed by atoms with van der Waals surface area (Å²) >= 11 is 0. The Hall–Kier alpha value is -1.32. The van der Waals surface area contributed by atoms with E-state index in [2.05, 4.69) is 9.94 Å². The van der Waals surface area contributed by atoms with E-state index in [-0.39, 0.29) is 17.3 Å². The van der Waals surface area contributed by atoms with Crippen LogP contribution in [0.2, 0.25) is 0 Å². The van der Waals surface area contributed by atoms with E-state index in [1.54, 1.807) is 0 Å². The van der Waals surface area contributed by atoms with E-state index >= 15 is 0 Å². The molecule has 0 spiro atoms. The first-order valence-electron chi connectivity index (χ1n) is 3.89. The Balaban J connectivity index is 3.14. The molecule has 0 bridgehead atoms. The molecule has 5 nitrogen and oxygen atoms in total. The van der Waals surface area contributed by atoms with Crippen molar-refractivity contribution in [3.8, 4) is 0 Å². The smallest absolute Gasteiger partial charge is 0.424 e. The number of nitrogens with zero attached hydrogens (tertiary/aromatic N) is 3. The van der Waals surface area contributed by atoms with Crippen LogP contribution in [-0.2, 0) is 0 Å². The summed E-state index contributed by atoms with van der Waals surface area (Å²) in [7, 11) is -1.63. The van der Waals surface area contributed by atoms with E-state index in [4.69, 9.17) is 16.6 Å². The van der Waals surface area contributed by atoms with Crippen LogP contribution in [0.4, 0.5) is 5.82 Å². The summed E-state index contributed by atoms with van der Waals surface area (Å²) in [6.45, 7) is 10.6. The van der Waals surface area contributed by atoms with Crippen molar-refractivity contribution in [2.45, 2.75) is 19.9 Å². The second kappa shape index (κ2) is 3.60. The van der Waals surface area contributed by atoms with Gasteiger partial charge in [0.25, 0.3) is 5.82 Å². The van der Waals surface area contributed by atoms with Gasteiger partial charge < -0.3 is 14.9 Å². The minimum absolute atomic E-state index is 0.0451. The molecule has 2 N–H and O–H groups in total. The van der Waals surface area contributed by atoms with Crippen LogP contribution in [0, 0.1) is 6.57 Å². The lowest BCUT2D eigenvalue weighted by molar-refractivity contribution is 0.426. The number of hydrogen-bond acceptors (Lipinski definition) is 3. The van der Waals surface area contributed by atoms with Crippen LogP contribution < -0.4 is 5.46 Å². The maximum Gasteiger partial charge on any atom is 0.480 e. The van der Waals surface area contributed by atoms with Gasteiger partial charge in [0.15, 0.2) is 0 Å². The van der Waals surface area contributed by atoms with E-state index in [0.29, 0.717) is 0 Å². The van der Waals surface area contributed by atoms with E-state index in [1.165, 1.54) is 10.9 Å². The number of rotatable bonds is 2. The van der Waals surface area contributed by atoms with Crippen LogP contribution in [-0.4, -0.2) is 26.9 Å². The molecule has 1 aromatic rings. The topological polar surface area (TPSA) is 62.6 Å². The van der Waals surface area contributed by atoms with Crippen molar-refractivity contribution in [2.24, 2.45) is 0 Å². The first-order chi connectivity index (χ1) is 6.06. The largest absolute Gasteiger partial charge is 0.480 e. The molecule has 0 atom stereocenters. The Kier molecular flexibility index (Phi) is 2.71. The number of hydrogen-bond donors (Lipinski definition) is 2. The molecule has 0 saturated carbocycles. The second-order valence-electron chi connectivity index (χ2n) is 2.97. The summed E-state index contributed by atoms with van der Waals surface area (Å²) in [5.41, 5.74) is 0.156. The summed E-state index contributed by atoms with van der Waals surface area (Å²) in [6, 6.07) is 0.105. The van der Waals surface area contributed by atoms with Crippen LogP contribution in [0.25, 0.3) is 4.85 Å². The summed E-state index contributed by atoms with van der Waals surface area (Å²) in [5, 5.41) is 21.7. The highest BCUT2D eigenvalue weighted by atomic mass is 16.4. The molecule has 0 aliphatic carbocycles. The van der Waals surface area contributed by atoms with Gasteiger partial charge in [-0.25, -0.2) is 0 Å². The lowest BCUT2D eigenvalue weighted by Crippen LogP contribution is -2.28. The molecule has 0 fully saturated rings. The Morgan fingerprint density at radius 3 is 2.54 bits per heavy atom. The Morgan fingerprint density at radius 2 is 2.23 bits per heavy atom.